The molecule has 1 atom stereocenters. The summed E-state index contributed by atoms with van der Waals surface area (Å²) in [6.45, 7) is 5.37. The first-order valence-electron chi connectivity index (χ1n) is 6.30. The standard InChI is InChI=1S/C14H19BrN2O3/c1-8(2)16-13(18)9(3)17-14(19)11-6-5-10(15)7-12(11)20-4/h5-9H,1-4H3,(H,16,18)(H,17,19). The van der Waals surface area contributed by atoms with Crippen molar-refractivity contribution in [2.45, 2.75) is 32.9 Å². The third kappa shape index (κ3) is 4.52. The van der Waals surface area contributed by atoms with Gasteiger partial charge in [0.1, 0.15) is 11.8 Å². The molecule has 0 fully saturated rings. The molecule has 0 aliphatic heterocycles. The summed E-state index contributed by atoms with van der Waals surface area (Å²) in [6, 6.07) is 4.51. The van der Waals surface area contributed by atoms with Gasteiger partial charge in [-0.05, 0) is 39.0 Å². The van der Waals surface area contributed by atoms with E-state index in [2.05, 4.69) is 26.6 Å². The van der Waals surface area contributed by atoms with Gasteiger partial charge in [-0.1, -0.05) is 15.9 Å². The molecule has 0 radical (unpaired) electrons. The summed E-state index contributed by atoms with van der Waals surface area (Å²) in [7, 11) is 1.49. The third-order valence-corrected chi connectivity index (χ3v) is 3.07. The van der Waals surface area contributed by atoms with Crippen LogP contribution in [0.15, 0.2) is 22.7 Å². The Morgan fingerprint density at radius 2 is 1.85 bits per heavy atom. The highest BCUT2D eigenvalue weighted by Gasteiger charge is 2.19. The fourth-order valence-corrected chi connectivity index (χ4v) is 1.94. The number of hydrogen-bond acceptors (Lipinski definition) is 3. The minimum absolute atomic E-state index is 0.0315. The van der Waals surface area contributed by atoms with Crippen LogP contribution in [0.5, 0.6) is 5.75 Å². The molecule has 0 saturated heterocycles. The normalized spacial score (nSPS) is 11.9. The van der Waals surface area contributed by atoms with Crippen LogP contribution < -0.4 is 15.4 Å². The second kappa shape index (κ2) is 7.28. The molecule has 0 spiro atoms. The van der Waals surface area contributed by atoms with Gasteiger partial charge in [0.25, 0.3) is 5.91 Å². The lowest BCUT2D eigenvalue weighted by atomic mass is 10.1. The lowest BCUT2D eigenvalue weighted by Crippen LogP contribution is -2.46. The second-order valence-electron chi connectivity index (χ2n) is 4.70. The molecule has 1 aromatic rings. The summed E-state index contributed by atoms with van der Waals surface area (Å²) < 4.78 is 5.98. The van der Waals surface area contributed by atoms with Crippen molar-refractivity contribution in [1.29, 1.82) is 0 Å². The van der Waals surface area contributed by atoms with Gasteiger partial charge in [0.2, 0.25) is 5.91 Å². The lowest BCUT2D eigenvalue weighted by molar-refractivity contribution is -0.123. The smallest absolute Gasteiger partial charge is 0.255 e. The van der Waals surface area contributed by atoms with Crippen molar-refractivity contribution in [3.63, 3.8) is 0 Å². The molecular formula is C14H19BrN2O3. The number of methoxy groups -OCH3 is 1. The van der Waals surface area contributed by atoms with Gasteiger partial charge in [0.15, 0.2) is 0 Å². The summed E-state index contributed by atoms with van der Waals surface area (Å²) in [5.41, 5.74) is 0.389. The Bertz CT molecular complexity index is 503. The lowest BCUT2D eigenvalue weighted by Gasteiger charge is -2.17. The van der Waals surface area contributed by atoms with Gasteiger partial charge < -0.3 is 15.4 Å². The molecule has 0 bridgehead atoms. The Morgan fingerprint density at radius 3 is 2.40 bits per heavy atom. The highest BCUT2D eigenvalue weighted by atomic mass is 79.9. The number of ether oxygens (including phenoxy) is 1. The van der Waals surface area contributed by atoms with Gasteiger partial charge in [0.05, 0.1) is 12.7 Å². The zero-order valence-electron chi connectivity index (χ0n) is 12.0. The van der Waals surface area contributed by atoms with Crippen LogP contribution in [0.2, 0.25) is 0 Å². The van der Waals surface area contributed by atoms with E-state index in [4.69, 9.17) is 4.74 Å². The Morgan fingerprint density at radius 1 is 1.20 bits per heavy atom. The first-order valence-corrected chi connectivity index (χ1v) is 7.09. The molecule has 0 aliphatic carbocycles. The van der Waals surface area contributed by atoms with Crippen LogP contribution in [-0.4, -0.2) is 31.0 Å². The van der Waals surface area contributed by atoms with E-state index >= 15 is 0 Å². The molecule has 1 unspecified atom stereocenters. The number of benzene rings is 1. The van der Waals surface area contributed by atoms with Crippen molar-refractivity contribution < 1.29 is 14.3 Å². The summed E-state index contributed by atoms with van der Waals surface area (Å²) in [5.74, 6) is -0.112. The van der Waals surface area contributed by atoms with Crippen molar-refractivity contribution in [3.05, 3.63) is 28.2 Å². The highest BCUT2D eigenvalue weighted by Crippen LogP contribution is 2.23. The molecule has 0 saturated carbocycles. The van der Waals surface area contributed by atoms with Crippen molar-refractivity contribution in [1.82, 2.24) is 10.6 Å². The fraction of sp³-hybridized carbons (Fsp3) is 0.429. The van der Waals surface area contributed by atoms with E-state index in [1.54, 1.807) is 25.1 Å². The SMILES string of the molecule is COc1cc(Br)ccc1C(=O)NC(C)C(=O)NC(C)C. The minimum Gasteiger partial charge on any atom is -0.496 e. The number of rotatable bonds is 5. The van der Waals surface area contributed by atoms with Crippen molar-refractivity contribution >= 4 is 27.7 Å². The van der Waals surface area contributed by atoms with Crippen molar-refractivity contribution in [2.24, 2.45) is 0 Å². The number of nitrogens with one attached hydrogen (secondary N) is 2. The topological polar surface area (TPSA) is 67.4 Å². The van der Waals surface area contributed by atoms with E-state index in [-0.39, 0.29) is 17.9 Å². The van der Waals surface area contributed by atoms with E-state index in [9.17, 15) is 9.59 Å². The Hall–Kier alpha value is -1.56. The molecule has 1 aromatic carbocycles. The molecule has 110 valence electrons. The summed E-state index contributed by atoms with van der Waals surface area (Å²) in [5, 5.41) is 5.39. The Balaban J connectivity index is 2.78. The maximum Gasteiger partial charge on any atom is 0.255 e. The van der Waals surface area contributed by atoms with Gasteiger partial charge in [0, 0.05) is 10.5 Å². The van der Waals surface area contributed by atoms with Crippen LogP contribution in [0.1, 0.15) is 31.1 Å². The van der Waals surface area contributed by atoms with Gasteiger partial charge in [-0.15, -0.1) is 0 Å². The average Bonchev–Trinajstić information content (AvgIpc) is 2.37. The monoisotopic (exact) mass is 342 g/mol. The van der Waals surface area contributed by atoms with Crippen LogP contribution in [0.25, 0.3) is 0 Å². The van der Waals surface area contributed by atoms with Crippen molar-refractivity contribution in [2.75, 3.05) is 7.11 Å². The minimum atomic E-state index is -0.613. The van der Waals surface area contributed by atoms with E-state index < -0.39 is 6.04 Å². The largest absolute Gasteiger partial charge is 0.496 e. The Kier molecular flexibility index (Phi) is 6.01. The molecule has 5 nitrogen and oxygen atoms in total. The zero-order valence-corrected chi connectivity index (χ0v) is 13.6. The molecule has 2 N–H and O–H groups in total. The predicted molar refractivity (Wildman–Crippen MR) is 80.9 cm³/mol. The number of halogens is 1. The van der Waals surface area contributed by atoms with Crippen molar-refractivity contribution in [3.8, 4) is 5.75 Å². The fourth-order valence-electron chi connectivity index (χ4n) is 1.60. The maximum atomic E-state index is 12.1. The molecule has 20 heavy (non-hydrogen) atoms. The zero-order chi connectivity index (χ0) is 15.3. The molecular weight excluding hydrogens is 324 g/mol. The van der Waals surface area contributed by atoms with E-state index in [1.807, 2.05) is 13.8 Å². The molecule has 0 aromatic heterocycles. The van der Waals surface area contributed by atoms with E-state index in [0.29, 0.717) is 11.3 Å². The molecule has 6 heteroatoms. The van der Waals surface area contributed by atoms with E-state index in [1.165, 1.54) is 7.11 Å². The van der Waals surface area contributed by atoms with Gasteiger partial charge in [-0.2, -0.15) is 0 Å². The molecule has 2 amide bonds. The summed E-state index contributed by atoms with van der Waals surface area (Å²) in [6.07, 6.45) is 0. The summed E-state index contributed by atoms with van der Waals surface area (Å²) in [4.78, 5) is 23.9. The maximum absolute atomic E-state index is 12.1. The second-order valence-corrected chi connectivity index (χ2v) is 5.62. The highest BCUT2D eigenvalue weighted by molar-refractivity contribution is 9.10. The molecule has 1 rings (SSSR count). The first-order chi connectivity index (χ1) is 9.35. The van der Waals surface area contributed by atoms with Gasteiger partial charge in [-0.3, -0.25) is 9.59 Å². The first kappa shape index (κ1) is 16.5. The average molecular weight is 343 g/mol. The van der Waals surface area contributed by atoms with Crippen LogP contribution in [-0.2, 0) is 4.79 Å². The van der Waals surface area contributed by atoms with Crippen LogP contribution >= 0.6 is 15.9 Å². The number of carbonyl (C=O) groups is 2. The predicted octanol–water partition coefficient (Wildman–Crippen LogP) is 2.10. The third-order valence-electron chi connectivity index (χ3n) is 2.58. The van der Waals surface area contributed by atoms with Crippen LogP contribution in [0, 0.1) is 0 Å². The van der Waals surface area contributed by atoms with Crippen LogP contribution in [0.4, 0.5) is 0 Å². The molecule has 0 heterocycles. The number of carbonyl (C=O) groups excluding carboxylic acids is 2. The number of hydrogen-bond donors (Lipinski definition) is 2. The Labute approximate surface area is 127 Å². The quantitative estimate of drug-likeness (QED) is 0.860. The van der Waals surface area contributed by atoms with Crippen LogP contribution in [0.3, 0.4) is 0 Å². The number of amides is 2. The summed E-state index contributed by atoms with van der Waals surface area (Å²) >= 11 is 3.31. The molecule has 0 aliphatic rings. The van der Waals surface area contributed by atoms with E-state index in [0.717, 1.165) is 4.47 Å². The van der Waals surface area contributed by atoms with Gasteiger partial charge >= 0.3 is 0 Å². The van der Waals surface area contributed by atoms with Gasteiger partial charge in [-0.25, -0.2) is 0 Å².